The Bertz CT molecular complexity index is 1190. The topological polar surface area (TPSA) is 86.0 Å². The first kappa shape index (κ1) is 29.5. The number of anilines is 1. The predicted octanol–water partition coefficient (Wildman–Crippen LogP) is 4.11. The van der Waals surface area contributed by atoms with Crippen LogP contribution in [0, 0.1) is 0 Å². The van der Waals surface area contributed by atoms with E-state index in [4.69, 9.17) is 9.47 Å². The number of esters is 1. The normalized spacial score (nSPS) is 14.8. The van der Waals surface area contributed by atoms with Crippen LogP contribution in [-0.2, 0) is 4.74 Å². The summed E-state index contributed by atoms with van der Waals surface area (Å²) in [6.07, 6.45) is 1.62. The first-order valence-corrected chi connectivity index (χ1v) is 13.7. The molecule has 0 N–H and O–H groups in total. The summed E-state index contributed by atoms with van der Waals surface area (Å²) in [6.45, 7) is 18.2. The molecular formula is C29H44N4O5. The summed E-state index contributed by atoms with van der Waals surface area (Å²) < 4.78 is 14.5. The molecule has 0 unspecified atom stereocenters. The van der Waals surface area contributed by atoms with E-state index in [-0.39, 0.29) is 34.9 Å². The van der Waals surface area contributed by atoms with Crippen molar-refractivity contribution in [2.45, 2.75) is 79.0 Å². The van der Waals surface area contributed by atoms with Gasteiger partial charge in [0.15, 0.2) is 0 Å². The van der Waals surface area contributed by atoms with Crippen molar-refractivity contribution in [1.29, 1.82) is 0 Å². The van der Waals surface area contributed by atoms with E-state index in [1.165, 1.54) is 4.57 Å². The fourth-order valence-electron chi connectivity index (χ4n) is 4.70. The quantitative estimate of drug-likeness (QED) is 0.406. The van der Waals surface area contributed by atoms with Crippen molar-refractivity contribution in [3.05, 3.63) is 56.7 Å². The summed E-state index contributed by atoms with van der Waals surface area (Å²) in [4.78, 5) is 42.4. The monoisotopic (exact) mass is 528 g/mol. The second-order valence-corrected chi connectivity index (χ2v) is 11.2. The zero-order chi connectivity index (χ0) is 28.0. The Labute approximate surface area is 226 Å². The lowest BCUT2D eigenvalue weighted by molar-refractivity contribution is 0.0505. The third-order valence-corrected chi connectivity index (χ3v) is 6.83. The number of rotatable bonds is 11. The molecule has 1 aliphatic heterocycles. The summed E-state index contributed by atoms with van der Waals surface area (Å²) in [7, 11) is 0. The van der Waals surface area contributed by atoms with Crippen molar-refractivity contribution in [3.8, 4) is 5.75 Å². The van der Waals surface area contributed by atoms with Gasteiger partial charge in [-0.05, 0) is 78.6 Å². The van der Waals surface area contributed by atoms with Crippen molar-refractivity contribution in [2.75, 3.05) is 44.2 Å². The Hall–Kier alpha value is -3.07. The Balaban J connectivity index is 1.57. The van der Waals surface area contributed by atoms with Crippen LogP contribution in [0.1, 0.15) is 83.7 Å². The number of piperazine rings is 1. The molecule has 1 aromatic heterocycles. The predicted molar refractivity (Wildman–Crippen MR) is 151 cm³/mol. The van der Waals surface area contributed by atoms with Gasteiger partial charge in [0.25, 0.3) is 5.56 Å². The highest BCUT2D eigenvalue weighted by atomic mass is 16.5. The zero-order valence-electron chi connectivity index (χ0n) is 24.0. The molecular weight excluding hydrogens is 484 g/mol. The summed E-state index contributed by atoms with van der Waals surface area (Å²) in [6, 6.07) is 8.47. The van der Waals surface area contributed by atoms with Gasteiger partial charge in [0.2, 0.25) is 0 Å². The average molecular weight is 529 g/mol. The van der Waals surface area contributed by atoms with Crippen molar-refractivity contribution < 1.29 is 14.3 Å². The number of ether oxygens (including phenoxy) is 2. The molecule has 0 atom stereocenters. The van der Waals surface area contributed by atoms with E-state index in [1.54, 1.807) is 22.8 Å². The summed E-state index contributed by atoms with van der Waals surface area (Å²) in [5, 5.41) is 0. The van der Waals surface area contributed by atoms with Crippen LogP contribution >= 0.6 is 0 Å². The van der Waals surface area contributed by atoms with Gasteiger partial charge in [-0.25, -0.2) is 9.59 Å². The number of nitrogens with zero attached hydrogens (tertiary/aromatic N) is 4. The molecule has 2 heterocycles. The lowest BCUT2D eigenvalue weighted by atomic mass is 10.0. The van der Waals surface area contributed by atoms with Crippen LogP contribution in [0.2, 0.25) is 0 Å². The highest BCUT2D eigenvalue weighted by molar-refractivity contribution is 5.89. The van der Waals surface area contributed by atoms with Gasteiger partial charge in [-0.1, -0.05) is 6.92 Å². The van der Waals surface area contributed by atoms with Gasteiger partial charge in [-0.2, -0.15) is 0 Å². The van der Waals surface area contributed by atoms with Crippen LogP contribution in [0.15, 0.2) is 39.9 Å². The minimum Gasteiger partial charge on any atom is -0.488 e. The molecule has 0 amide bonds. The number of carbonyl (C=O) groups is 1. The van der Waals surface area contributed by atoms with Gasteiger partial charge in [0, 0.05) is 50.9 Å². The summed E-state index contributed by atoms with van der Waals surface area (Å²) >= 11 is 0. The van der Waals surface area contributed by atoms with E-state index in [0.29, 0.717) is 18.0 Å². The molecule has 9 nitrogen and oxygen atoms in total. The van der Waals surface area contributed by atoms with E-state index in [2.05, 4.69) is 23.6 Å². The van der Waals surface area contributed by atoms with E-state index in [0.717, 1.165) is 51.3 Å². The van der Waals surface area contributed by atoms with Crippen LogP contribution < -0.4 is 20.9 Å². The standard InChI is InChI=1S/C29H44N4O5/c1-8-19-37-27(35)23-9-11-24(12-10-23)38-29(6,7)13-14-30-15-17-31(18-16-30)25-20-26(34)33(22(4)5)28(36)32(25)21(2)3/h9-12,20-22H,8,13-19H2,1-7H3. The lowest BCUT2D eigenvalue weighted by Gasteiger charge is -2.38. The maximum Gasteiger partial charge on any atom is 0.338 e. The highest BCUT2D eigenvalue weighted by Gasteiger charge is 2.26. The van der Waals surface area contributed by atoms with Gasteiger partial charge < -0.3 is 14.4 Å². The fraction of sp³-hybridized carbons (Fsp3) is 0.621. The average Bonchev–Trinajstić information content (AvgIpc) is 2.85. The van der Waals surface area contributed by atoms with Gasteiger partial charge in [0.05, 0.1) is 12.2 Å². The van der Waals surface area contributed by atoms with Crippen LogP contribution in [-0.4, -0.2) is 64.9 Å². The van der Waals surface area contributed by atoms with Gasteiger partial charge in [-0.15, -0.1) is 0 Å². The molecule has 2 aromatic rings. The van der Waals surface area contributed by atoms with Crippen molar-refractivity contribution in [2.24, 2.45) is 0 Å². The van der Waals surface area contributed by atoms with Crippen molar-refractivity contribution >= 4 is 11.8 Å². The maximum absolute atomic E-state index is 13.1. The van der Waals surface area contributed by atoms with Crippen LogP contribution in [0.3, 0.4) is 0 Å². The third-order valence-electron chi connectivity index (χ3n) is 6.83. The number of carbonyl (C=O) groups excluding carboxylic acids is 1. The minimum absolute atomic E-state index is 0.0462. The molecule has 210 valence electrons. The number of hydrogen-bond donors (Lipinski definition) is 0. The van der Waals surface area contributed by atoms with E-state index in [1.807, 2.05) is 46.8 Å². The van der Waals surface area contributed by atoms with Crippen LogP contribution in [0.5, 0.6) is 5.75 Å². The maximum atomic E-state index is 13.1. The second kappa shape index (κ2) is 12.7. The number of benzene rings is 1. The van der Waals surface area contributed by atoms with Gasteiger partial charge in [0.1, 0.15) is 17.2 Å². The number of hydrogen-bond acceptors (Lipinski definition) is 7. The Morgan fingerprint density at radius 3 is 2.11 bits per heavy atom. The molecule has 0 bridgehead atoms. The SMILES string of the molecule is CCCOC(=O)c1ccc(OC(C)(C)CCN2CCN(c3cc(=O)n(C(C)C)c(=O)n3C(C)C)CC2)cc1. The highest BCUT2D eigenvalue weighted by Crippen LogP contribution is 2.23. The third kappa shape index (κ3) is 7.28. The van der Waals surface area contributed by atoms with E-state index >= 15 is 0 Å². The smallest absolute Gasteiger partial charge is 0.338 e. The van der Waals surface area contributed by atoms with E-state index < -0.39 is 0 Å². The summed E-state index contributed by atoms with van der Waals surface area (Å²) in [5.41, 5.74) is -0.361. The molecule has 1 fully saturated rings. The molecule has 1 aromatic carbocycles. The van der Waals surface area contributed by atoms with Crippen molar-refractivity contribution in [3.63, 3.8) is 0 Å². The largest absolute Gasteiger partial charge is 0.488 e. The second-order valence-electron chi connectivity index (χ2n) is 11.2. The molecule has 9 heteroatoms. The molecule has 1 aliphatic rings. The molecule has 0 aliphatic carbocycles. The molecule has 38 heavy (non-hydrogen) atoms. The molecule has 3 rings (SSSR count). The molecule has 1 saturated heterocycles. The van der Waals surface area contributed by atoms with Crippen molar-refractivity contribution in [1.82, 2.24) is 14.0 Å². The molecule has 0 saturated carbocycles. The first-order chi connectivity index (χ1) is 17.9. The van der Waals surface area contributed by atoms with Crippen LogP contribution in [0.25, 0.3) is 0 Å². The Kier molecular flexibility index (Phi) is 9.82. The minimum atomic E-state index is -0.388. The summed E-state index contributed by atoms with van der Waals surface area (Å²) in [5.74, 6) is 1.11. The van der Waals surface area contributed by atoms with E-state index in [9.17, 15) is 14.4 Å². The zero-order valence-corrected chi connectivity index (χ0v) is 24.0. The lowest BCUT2D eigenvalue weighted by Crippen LogP contribution is -2.51. The molecule has 0 radical (unpaired) electrons. The number of aromatic nitrogens is 2. The Morgan fingerprint density at radius 2 is 1.55 bits per heavy atom. The van der Waals surface area contributed by atoms with Crippen LogP contribution in [0.4, 0.5) is 5.82 Å². The van der Waals surface area contributed by atoms with Gasteiger partial charge in [-0.3, -0.25) is 18.8 Å². The van der Waals surface area contributed by atoms with Gasteiger partial charge >= 0.3 is 11.7 Å². The molecule has 0 spiro atoms. The first-order valence-electron chi connectivity index (χ1n) is 13.7. The fourth-order valence-corrected chi connectivity index (χ4v) is 4.70. The Morgan fingerprint density at radius 1 is 0.947 bits per heavy atom.